The van der Waals surface area contributed by atoms with E-state index in [1.54, 1.807) is 57.4 Å². The maximum absolute atomic E-state index is 15.4. The van der Waals surface area contributed by atoms with E-state index in [0.717, 1.165) is 20.9 Å². The zero-order chi connectivity index (χ0) is 60.2. The monoisotopic (exact) mass is 1120 g/mol. The number of pyridine rings is 1. The van der Waals surface area contributed by atoms with E-state index in [1.165, 1.54) is 70.6 Å². The fraction of sp³-hybridized carbons (Fsp3) is 0.574. The number of carbonyl (C=O) groups is 9. The number of nitrogens with one attached hydrogen (secondary N) is 3. The van der Waals surface area contributed by atoms with Crippen molar-refractivity contribution < 1.29 is 53.0 Å². The molecule has 0 spiro atoms. The topological polar surface area (TPSA) is 248 Å². The summed E-state index contributed by atoms with van der Waals surface area (Å²) in [7, 11) is 5.55. The summed E-state index contributed by atoms with van der Waals surface area (Å²) in [6.07, 6.45) is 3.39. The van der Waals surface area contributed by atoms with Gasteiger partial charge in [0.1, 0.15) is 42.3 Å². The smallest absolute Gasteiger partial charge is 0.332 e. The first-order valence-electron chi connectivity index (χ1n) is 28.4. The lowest BCUT2D eigenvalue weighted by Gasteiger charge is -2.39. The molecule has 8 unspecified atom stereocenters. The Morgan fingerprint density at radius 1 is 0.630 bits per heavy atom. The van der Waals surface area contributed by atoms with Gasteiger partial charge in [0.15, 0.2) is 12.1 Å². The summed E-state index contributed by atoms with van der Waals surface area (Å²) in [4.78, 5) is 143. The Hall–Kier alpha value is -7.22. The number of rotatable bonds is 12. The molecule has 81 heavy (non-hydrogen) atoms. The summed E-state index contributed by atoms with van der Waals surface area (Å²) in [5.41, 5.74) is 1.14. The van der Waals surface area contributed by atoms with E-state index in [0.29, 0.717) is 30.4 Å². The second-order valence-corrected chi connectivity index (χ2v) is 23.1. The molecule has 2 aromatic carbocycles. The highest BCUT2D eigenvalue weighted by atomic mass is 16.6. The Kier molecular flexibility index (Phi) is 22.7. The minimum atomic E-state index is -1.97. The molecule has 0 bridgehead atoms. The number of benzene rings is 2. The molecule has 2 aliphatic heterocycles. The average Bonchev–Trinajstić information content (AvgIpc) is 3.95. The van der Waals surface area contributed by atoms with Crippen LogP contribution in [0, 0.1) is 17.8 Å². The molecule has 0 radical (unpaired) electrons. The van der Waals surface area contributed by atoms with Crippen molar-refractivity contribution in [2.75, 3.05) is 34.7 Å². The third kappa shape index (κ3) is 16.0. The standard InChI is InChI=1S/C61H87N9O11/c1-15-37(5)49-58(77)66(11)39(7)52(71)63-45(32-36(3)4)56(75)69(14)51(61(9,10)80)60(79)81-50(38(6)16-2)59(78)67(12)40(8)53(72)64-46(33-41-22-18-17-19-23-41)55(74)68(13)48(57(76)70-31-21-25-47(70)54(73)65-49)34-42-26-28-43(29-27-42)44-24-20-30-62-35-44/h17-20,22-24,26-30,35-40,45-51,80H,15-16,21,25,31-34H2,1-14H3,(H,63,71)(H,64,72)(H,65,73)/t37?,38?,39-,40-,45?,46?,47?,48?,49?,50+,51?/m0/s1. The first kappa shape index (κ1) is 64.6. The van der Waals surface area contributed by atoms with Gasteiger partial charge in [-0.05, 0) is 93.5 Å². The van der Waals surface area contributed by atoms with Crippen LogP contribution < -0.4 is 16.0 Å². The van der Waals surface area contributed by atoms with Gasteiger partial charge in [-0.25, -0.2) is 4.79 Å². The van der Waals surface area contributed by atoms with Gasteiger partial charge in [-0.1, -0.05) is 109 Å². The maximum Gasteiger partial charge on any atom is 0.332 e. The lowest BCUT2D eigenvalue weighted by atomic mass is 9.94. The summed E-state index contributed by atoms with van der Waals surface area (Å²) in [5.74, 6) is -7.78. The molecule has 3 heterocycles. The van der Waals surface area contributed by atoms with E-state index in [9.17, 15) is 38.7 Å². The van der Waals surface area contributed by atoms with Crippen LogP contribution in [0.5, 0.6) is 0 Å². The normalized spacial score (nSPS) is 26.0. The lowest BCUT2D eigenvalue weighted by Crippen LogP contribution is -2.62. The van der Waals surface area contributed by atoms with Crippen molar-refractivity contribution in [3.05, 3.63) is 90.3 Å². The molecule has 0 saturated carbocycles. The van der Waals surface area contributed by atoms with Crippen molar-refractivity contribution in [3.8, 4) is 11.1 Å². The quantitative estimate of drug-likeness (QED) is 0.187. The van der Waals surface area contributed by atoms with Gasteiger partial charge >= 0.3 is 5.97 Å². The number of esters is 1. The van der Waals surface area contributed by atoms with Gasteiger partial charge in [0.25, 0.3) is 5.91 Å². The SMILES string of the molecule is CCC(C)C1NC(=O)C2CCCN2C(=O)C(Cc2ccc(-c3cccnc3)cc2)N(C)C(=O)C(Cc2ccccc2)NC(=O)[C@H](C)N(C)C(=O)[C@@H](C(C)CC)OC(=O)C(C(C)(C)O)N(C)C(=O)C(CC(C)C)NC(=O)[C@H](C)N(C)C1=O. The van der Waals surface area contributed by atoms with Crippen LogP contribution in [0.2, 0.25) is 0 Å². The van der Waals surface area contributed by atoms with Crippen molar-refractivity contribution in [2.45, 2.75) is 174 Å². The number of nitrogens with zero attached hydrogens (tertiary/aromatic N) is 6. The summed E-state index contributed by atoms with van der Waals surface area (Å²) in [5, 5.41) is 20.2. The van der Waals surface area contributed by atoms with E-state index in [-0.39, 0.29) is 38.1 Å². The van der Waals surface area contributed by atoms with Crippen molar-refractivity contribution >= 4 is 53.2 Å². The molecule has 11 atom stereocenters. The van der Waals surface area contributed by atoms with Gasteiger partial charge in [0.05, 0.1) is 5.60 Å². The van der Waals surface area contributed by atoms with Crippen LogP contribution in [0.4, 0.5) is 0 Å². The van der Waals surface area contributed by atoms with E-state index in [1.807, 2.05) is 63.2 Å². The molecule has 2 fully saturated rings. The molecule has 0 aliphatic carbocycles. The van der Waals surface area contributed by atoms with Crippen molar-refractivity contribution in [1.29, 1.82) is 0 Å². The molecule has 2 aliphatic rings. The van der Waals surface area contributed by atoms with E-state index in [4.69, 9.17) is 4.74 Å². The molecule has 20 heteroatoms. The van der Waals surface area contributed by atoms with Gasteiger partial charge in [-0.15, -0.1) is 0 Å². The van der Waals surface area contributed by atoms with Crippen LogP contribution in [0.25, 0.3) is 11.1 Å². The molecule has 2 saturated heterocycles. The zero-order valence-corrected chi connectivity index (χ0v) is 49.8. The van der Waals surface area contributed by atoms with Gasteiger partial charge in [0, 0.05) is 65.9 Å². The van der Waals surface area contributed by atoms with Crippen molar-refractivity contribution in [2.24, 2.45) is 17.8 Å². The molecule has 5 rings (SSSR count). The Morgan fingerprint density at radius 3 is 1.75 bits per heavy atom. The Morgan fingerprint density at radius 2 is 1.20 bits per heavy atom. The van der Waals surface area contributed by atoms with Crippen molar-refractivity contribution in [1.82, 2.24) is 45.4 Å². The van der Waals surface area contributed by atoms with E-state index < -0.39 is 125 Å². The molecule has 4 N–H and O–H groups in total. The summed E-state index contributed by atoms with van der Waals surface area (Å²) < 4.78 is 6.01. The number of fused-ring (bicyclic) bond motifs is 1. The molecular formula is C61H87N9O11. The van der Waals surface area contributed by atoms with Gasteiger partial charge in [-0.3, -0.25) is 43.3 Å². The van der Waals surface area contributed by atoms with Crippen LogP contribution in [-0.2, 0) is 60.7 Å². The molecular weight excluding hydrogens is 1030 g/mol. The van der Waals surface area contributed by atoms with Crippen molar-refractivity contribution in [3.63, 3.8) is 0 Å². The Bertz CT molecular complexity index is 2680. The number of aliphatic hydroxyl groups is 1. The predicted octanol–water partition coefficient (Wildman–Crippen LogP) is 4.16. The number of carbonyl (C=O) groups excluding carboxylic acids is 9. The number of ether oxygens (including phenoxy) is 1. The second-order valence-electron chi connectivity index (χ2n) is 23.1. The van der Waals surface area contributed by atoms with Gasteiger partial charge < -0.3 is 50.3 Å². The predicted molar refractivity (Wildman–Crippen MR) is 306 cm³/mol. The molecule has 8 amide bonds. The van der Waals surface area contributed by atoms with E-state index >= 15 is 9.59 Å². The third-order valence-electron chi connectivity index (χ3n) is 16.2. The fourth-order valence-corrected chi connectivity index (χ4v) is 10.4. The molecule has 1 aromatic heterocycles. The number of cyclic esters (lactones) is 1. The maximum atomic E-state index is 15.4. The fourth-order valence-electron chi connectivity index (χ4n) is 10.4. The van der Waals surface area contributed by atoms with Gasteiger partial charge in [0.2, 0.25) is 41.4 Å². The second kappa shape index (κ2) is 28.5. The number of amides is 8. The highest BCUT2D eigenvalue weighted by Crippen LogP contribution is 2.27. The van der Waals surface area contributed by atoms with Crippen LogP contribution >= 0.6 is 0 Å². The first-order chi connectivity index (χ1) is 38.1. The largest absolute Gasteiger partial charge is 0.450 e. The number of aromatic nitrogens is 1. The van der Waals surface area contributed by atoms with Crippen LogP contribution in [0.1, 0.15) is 112 Å². The van der Waals surface area contributed by atoms with Gasteiger partial charge in [-0.2, -0.15) is 0 Å². The number of hydrogen-bond acceptors (Lipinski definition) is 12. The molecule has 442 valence electrons. The van der Waals surface area contributed by atoms with Crippen LogP contribution in [0.3, 0.4) is 0 Å². The zero-order valence-electron chi connectivity index (χ0n) is 49.8. The summed E-state index contributed by atoms with van der Waals surface area (Å²) in [6.45, 7) is 16.5. The minimum Gasteiger partial charge on any atom is -0.450 e. The minimum absolute atomic E-state index is 0.00105. The molecule has 3 aromatic rings. The third-order valence-corrected chi connectivity index (χ3v) is 16.2. The summed E-state index contributed by atoms with van der Waals surface area (Å²) >= 11 is 0. The average molecular weight is 1120 g/mol. The summed E-state index contributed by atoms with van der Waals surface area (Å²) in [6, 6.07) is 10.0. The highest BCUT2D eigenvalue weighted by Gasteiger charge is 2.47. The first-order valence-corrected chi connectivity index (χ1v) is 28.4. The molecule has 20 nitrogen and oxygen atoms in total. The lowest BCUT2D eigenvalue weighted by molar-refractivity contribution is -0.177. The Balaban J connectivity index is 1.65. The Labute approximate surface area is 478 Å². The highest BCUT2D eigenvalue weighted by molar-refractivity contribution is 5.99. The van der Waals surface area contributed by atoms with E-state index in [2.05, 4.69) is 20.9 Å². The number of hydrogen-bond donors (Lipinski definition) is 4. The van der Waals surface area contributed by atoms with Crippen LogP contribution in [0.15, 0.2) is 79.1 Å². The number of likely N-dealkylation sites (N-methyl/N-ethyl adjacent to an activating group) is 4. The van der Waals surface area contributed by atoms with Crippen LogP contribution in [-0.4, -0.2) is 183 Å².